The van der Waals surface area contributed by atoms with Crippen LogP contribution in [-0.4, -0.2) is 11.0 Å². The van der Waals surface area contributed by atoms with Gasteiger partial charge in [-0.1, -0.05) is 42.8 Å². The lowest BCUT2D eigenvalue weighted by Gasteiger charge is -2.04. The molecule has 0 amide bonds. The SMILES string of the molecule is CCc1ccc(C=[N+]([O-])c2ccccc2)c(Cl)c1. The number of nitrogens with zero attached hydrogens (tertiary/aromatic N) is 1. The number of halogens is 1. The maximum absolute atomic E-state index is 11.9. The molecule has 3 heteroatoms. The Bertz CT molecular complexity index is 564. The molecule has 0 aromatic heterocycles. The highest BCUT2D eigenvalue weighted by Gasteiger charge is 2.04. The average molecular weight is 260 g/mol. The normalized spacial score (nSPS) is 11.6. The number of aryl methyl sites for hydroxylation is 1. The minimum absolute atomic E-state index is 0.591. The monoisotopic (exact) mass is 259 g/mol. The number of rotatable bonds is 3. The molecule has 0 spiro atoms. The van der Waals surface area contributed by atoms with Gasteiger partial charge in [-0.15, -0.1) is 0 Å². The first kappa shape index (κ1) is 12.7. The van der Waals surface area contributed by atoms with E-state index in [0.717, 1.165) is 22.3 Å². The molecule has 0 aliphatic carbocycles. The Kier molecular flexibility index (Phi) is 4.00. The first-order valence-electron chi connectivity index (χ1n) is 5.85. The van der Waals surface area contributed by atoms with Gasteiger partial charge in [-0.25, -0.2) is 0 Å². The highest BCUT2D eigenvalue weighted by atomic mass is 35.5. The number of para-hydroxylation sites is 1. The second-order valence-electron chi connectivity index (χ2n) is 4.00. The molecule has 0 radical (unpaired) electrons. The van der Waals surface area contributed by atoms with Crippen molar-refractivity contribution in [1.82, 2.24) is 0 Å². The summed E-state index contributed by atoms with van der Waals surface area (Å²) in [5.41, 5.74) is 2.48. The fourth-order valence-electron chi connectivity index (χ4n) is 1.67. The van der Waals surface area contributed by atoms with E-state index in [1.165, 1.54) is 6.21 Å². The van der Waals surface area contributed by atoms with Crippen LogP contribution in [0.4, 0.5) is 5.69 Å². The van der Waals surface area contributed by atoms with E-state index in [2.05, 4.69) is 6.92 Å². The van der Waals surface area contributed by atoms with E-state index in [-0.39, 0.29) is 0 Å². The minimum Gasteiger partial charge on any atom is -0.618 e. The van der Waals surface area contributed by atoms with Crippen molar-refractivity contribution in [2.45, 2.75) is 13.3 Å². The van der Waals surface area contributed by atoms with Gasteiger partial charge in [-0.05, 0) is 24.1 Å². The molecule has 0 aliphatic rings. The van der Waals surface area contributed by atoms with Crippen molar-refractivity contribution >= 4 is 23.5 Å². The summed E-state index contributed by atoms with van der Waals surface area (Å²) in [6, 6.07) is 14.8. The van der Waals surface area contributed by atoms with Gasteiger partial charge in [0.1, 0.15) is 0 Å². The van der Waals surface area contributed by atoms with Gasteiger partial charge in [0.25, 0.3) is 0 Å². The molecule has 0 atom stereocenters. The van der Waals surface area contributed by atoms with Crippen molar-refractivity contribution < 1.29 is 4.74 Å². The first-order valence-corrected chi connectivity index (χ1v) is 6.23. The summed E-state index contributed by atoms with van der Waals surface area (Å²) in [7, 11) is 0. The number of benzene rings is 2. The molecule has 0 N–H and O–H groups in total. The predicted octanol–water partition coefficient (Wildman–Crippen LogP) is 4.16. The van der Waals surface area contributed by atoms with E-state index >= 15 is 0 Å². The Morgan fingerprint density at radius 3 is 2.50 bits per heavy atom. The third kappa shape index (κ3) is 2.90. The molecule has 2 aromatic rings. The van der Waals surface area contributed by atoms with Crippen LogP contribution in [0.15, 0.2) is 48.5 Å². The van der Waals surface area contributed by atoms with E-state index in [1.807, 2.05) is 36.4 Å². The number of hydrogen-bond acceptors (Lipinski definition) is 1. The minimum atomic E-state index is 0.591. The van der Waals surface area contributed by atoms with Gasteiger partial charge in [0, 0.05) is 12.1 Å². The zero-order chi connectivity index (χ0) is 13.0. The second-order valence-corrected chi connectivity index (χ2v) is 4.41. The number of hydrogen-bond donors (Lipinski definition) is 0. The van der Waals surface area contributed by atoms with Crippen molar-refractivity contribution in [2.75, 3.05) is 0 Å². The lowest BCUT2D eigenvalue weighted by molar-refractivity contribution is -0.354. The van der Waals surface area contributed by atoms with Gasteiger partial charge in [-0.2, -0.15) is 4.74 Å². The third-order valence-electron chi connectivity index (χ3n) is 2.74. The van der Waals surface area contributed by atoms with Crippen LogP contribution in [0.2, 0.25) is 5.02 Å². The van der Waals surface area contributed by atoms with E-state index in [4.69, 9.17) is 11.6 Å². The molecule has 2 nitrogen and oxygen atoms in total. The smallest absolute Gasteiger partial charge is 0.216 e. The van der Waals surface area contributed by atoms with Crippen LogP contribution in [0.25, 0.3) is 0 Å². The van der Waals surface area contributed by atoms with Gasteiger partial charge >= 0.3 is 0 Å². The molecular formula is C15H14ClNO. The van der Waals surface area contributed by atoms with Crippen LogP contribution in [-0.2, 0) is 6.42 Å². The first-order chi connectivity index (χ1) is 8.70. The lowest BCUT2D eigenvalue weighted by atomic mass is 10.1. The summed E-state index contributed by atoms with van der Waals surface area (Å²) in [5.74, 6) is 0. The van der Waals surface area contributed by atoms with E-state index in [9.17, 15) is 5.21 Å². The van der Waals surface area contributed by atoms with E-state index in [1.54, 1.807) is 12.1 Å². The quantitative estimate of drug-likeness (QED) is 0.352. The third-order valence-corrected chi connectivity index (χ3v) is 3.07. The summed E-state index contributed by atoms with van der Waals surface area (Å²) in [5, 5.41) is 12.5. The Hall–Kier alpha value is -1.80. The molecule has 0 saturated carbocycles. The highest BCUT2D eigenvalue weighted by Crippen LogP contribution is 2.18. The van der Waals surface area contributed by atoms with Crippen molar-refractivity contribution in [2.24, 2.45) is 0 Å². The highest BCUT2D eigenvalue weighted by molar-refractivity contribution is 6.33. The topological polar surface area (TPSA) is 26.1 Å². The van der Waals surface area contributed by atoms with E-state index in [0.29, 0.717) is 10.7 Å². The van der Waals surface area contributed by atoms with Gasteiger partial charge in [-0.3, -0.25) is 0 Å². The molecular weight excluding hydrogens is 246 g/mol. The van der Waals surface area contributed by atoms with Crippen molar-refractivity contribution in [3.8, 4) is 0 Å². The van der Waals surface area contributed by atoms with Gasteiger partial charge in [0.05, 0.1) is 10.6 Å². The lowest BCUT2D eigenvalue weighted by Crippen LogP contribution is -1.99. The summed E-state index contributed by atoms with van der Waals surface area (Å²) in [6.07, 6.45) is 2.43. The van der Waals surface area contributed by atoms with Crippen LogP contribution >= 0.6 is 11.6 Å². The molecule has 92 valence electrons. The zero-order valence-electron chi connectivity index (χ0n) is 10.1. The maximum Gasteiger partial charge on any atom is 0.216 e. The average Bonchev–Trinajstić information content (AvgIpc) is 2.42. The van der Waals surface area contributed by atoms with Crippen LogP contribution < -0.4 is 0 Å². The Balaban J connectivity index is 2.33. The molecule has 0 aliphatic heterocycles. The molecule has 0 unspecified atom stereocenters. The standard InChI is InChI=1S/C15H14ClNO/c1-2-12-8-9-13(15(16)10-12)11-17(18)14-6-4-3-5-7-14/h3-11H,2H2,1H3. The summed E-state index contributed by atoms with van der Waals surface area (Å²) < 4.78 is 0.826. The van der Waals surface area contributed by atoms with Gasteiger partial charge < -0.3 is 5.21 Å². The summed E-state index contributed by atoms with van der Waals surface area (Å²) >= 11 is 6.14. The van der Waals surface area contributed by atoms with Crippen molar-refractivity contribution in [1.29, 1.82) is 0 Å². The molecule has 0 bridgehead atoms. The van der Waals surface area contributed by atoms with Crippen LogP contribution in [0.3, 0.4) is 0 Å². The molecule has 2 rings (SSSR count). The summed E-state index contributed by atoms with van der Waals surface area (Å²) in [6.45, 7) is 2.07. The summed E-state index contributed by atoms with van der Waals surface area (Å²) in [4.78, 5) is 0. The van der Waals surface area contributed by atoms with E-state index < -0.39 is 0 Å². The maximum atomic E-state index is 11.9. The van der Waals surface area contributed by atoms with Gasteiger partial charge in [0.15, 0.2) is 6.21 Å². The van der Waals surface area contributed by atoms with Gasteiger partial charge in [0.2, 0.25) is 5.69 Å². The van der Waals surface area contributed by atoms with Crippen LogP contribution in [0, 0.1) is 5.21 Å². The molecule has 0 saturated heterocycles. The largest absolute Gasteiger partial charge is 0.618 e. The molecule has 0 fully saturated rings. The fourth-order valence-corrected chi connectivity index (χ4v) is 1.92. The fraction of sp³-hybridized carbons (Fsp3) is 0.133. The van der Waals surface area contributed by atoms with Crippen molar-refractivity contribution in [3.63, 3.8) is 0 Å². The Morgan fingerprint density at radius 1 is 1.17 bits per heavy atom. The molecule has 0 heterocycles. The van der Waals surface area contributed by atoms with Crippen LogP contribution in [0.1, 0.15) is 18.1 Å². The van der Waals surface area contributed by atoms with Crippen molar-refractivity contribution in [3.05, 3.63) is 69.9 Å². The molecule has 2 aromatic carbocycles. The molecule has 18 heavy (non-hydrogen) atoms. The zero-order valence-corrected chi connectivity index (χ0v) is 10.9. The Morgan fingerprint density at radius 2 is 1.89 bits per heavy atom. The van der Waals surface area contributed by atoms with Crippen LogP contribution in [0.5, 0.6) is 0 Å². The predicted molar refractivity (Wildman–Crippen MR) is 75.7 cm³/mol. The Labute approximate surface area is 112 Å². The second kappa shape index (κ2) is 5.69.